The Morgan fingerprint density at radius 2 is 1.74 bits per heavy atom. The standard InChI is InChI=1S/C18H28O4Si/c1-13(17(20)21-5)16(19)15-11-9-8-10-14(15)12-22-23(6,7)18(2,3)4/h8-11,13H,12H2,1-7H3. The SMILES string of the molecule is COC(=O)C(C)C(=O)c1ccccc1CO[Si](C)(C)C(C)(C)C. The van der Waals surface area contributed by atoms with Crippen LogP contribution >= 0.6 is 0 Å². The van der Waals surface area contributed by atoms with E-state index in [0.29, 0.717) is 12.2 Å². The molecule has 5 heteroatoms. The van der Waals surface area contributed by atoms with Crippen LogP contribution in [0.15, 0.2) is 24.3 Å². The minimum atomic E-state index is -1.90. The fraction of sp³-hybridized carbons (Fsp3) is 0.556. The summed E-state index contributed by atoms with van der Waals surface area (Å²) < 4.78 is 10.9. The smallest absolute Gasteiger partial charge is 0.316 e. The number of Topliss-reactive ketones (excluding diaryl/α,β-unsaturated/α-hetero) is 1. The lowest BCUT2D eigenvalue weighted by atomic mass is 9.95. The van der Waals surface area contributed by atoms with Gasteiger partial charge in [-0.3, -0.25) is 9.59 Å². The van der Waals surface area contributed by atoms with Gasteiger partial charge >= 0.3 is 5.97 Å². The Balaban J connectivity index is 2.99. The summed E-state index contributed by atoms with van der Waals surface area (Å²) in [6.45, 7) is 12.8. The van der Waals surface area contributed by atoms with Gasteiger partial charge in [-0.1, -0.05) is 45.0 Å². The van der Waals surface area contributed by atoms with Gasteiger partial charge in [0.15, 0.2) is 14.1 Å². The Labute approximate surface area is 140 Å². The molecule has 23 heavy (non-hydrogen) atoms. The molecule has 0 aromatic heterocycles. The quantitative estimate of drug-likeness (QED) is 0.338. The van der Waals surface area contributed by atoms with Gasteiger partial charge in [-0.25, -0.2) is 0 Å². The van der Waals surface area contributed by atoms with Crippen molar-refractivity contribution in [2.45, 2.75) is 52.4 Å². The highest BCUT2D eigenvalue weighted by Crippen LogP contribution is 2.37. The first kappa shape index (κ1) is 19.6. The van der Waals surface area contributed by atoms with Gasteiger partial charge in [-0.05, 0) is 30.6 Å². The second-order valence-corrected chi connectivity index (χ2v) is 12.1. The minimum absolute atomic E-state index is 0.102. The highest BCUT2D eigenvalue weighted by Gasteiger charge is 2.37. The van der Waals surface area contributed by atoms with Crippen LogP contribution in [0.2, 0.25) is 18.1 Å². The van der Waals surface area contributed by atoms with Crippen LogP contribution in [0.25, 0.3) is 0 Å². The molecule has 0 bridgehead atoms. The van der Waals surface area contributed by atoms with Crippen molar-refractivity contribution in [3.8, 4) is 0 Å². The van der Waals surface area contributed by atoms with Crippen LogP contribution in [0.1, 0.15) is 43.6 Å². The van der Waals surface area contributed by atoms with E-state index < -0.39 is 20.2 Å². The lowest BCUT2D eigenvalue weighted by Crippen LogP contribution is -2.40. The van der Waals surface area contributed by atoms with Gasteiger partial charge in [-0.15, -0.1) is 0 Å². The molecule has 1 aromatic rings. The number of rotatable bonds is 6. The molecule has 0 radical (unpaired) electrons. The molecule has 0 aliphatic heterocycles. The highest BCUT2D eigenvalue weighted by molar-refractivity contribution is 6.74. The molecule has 0 saturated carbocycles. The fourth-order valence-electron chi connectivity index (χ4n) is 1.88. The van der Waals surface area contributed by atoms with Gasteiger partial charge in [-0.2, -0.15) is 0 Å². The van der Waals surface area contributed by atoms with E-state index in [1.165, 1.54) is 7.11 Å². The first-order chi connectivity index (χ1) is 10.5. The van der Waals surface area contributed by atoms with Crippen LogP contribution in [-0.4, -0.2) is 27.2 Å². The average Bonchev–Trinajstić information content (AvgIpc) is 2.50. The van der Waals surface area contributed by atoms with E-state index in [-0.39, 0.29) is 10.8 Å². The number of ketones is 1. The van der Waals surface area contributed by atoms with Crippen LogP contribution in [0, 0.1) is 5.92 Å². The van der Waals surface area contributed by atoms with Crippen molar-refractivity contribution in [1.29, 1.82) is 0 Å². The zero-order valence-electron chi connectivity index (χ0n) is 15.2. The third kappa shape index (κ3) is 4.75. The number of hydrogen-bond acceptors (Lipinski definition) is 4. The summed E-state index contributed by atoms with van der Waals surface area (Å²) in [6.07, 6.45) is 0. The molecule has 0 amide bonds. The number of ether oxygens (including phenoxy) is 1. The molecule has 0 heterocycles. The molecule has 1 rings (SSSR count). The number of hydrogen-bond donors (Lipinski definition) is 0. The lowest BCUT2D eigenvalue weighted by molar-refractivity contribution is -0.143. The third-order valence-corrected chi connectivity index (χ3v) is 9.10. The third-order valence-electron chi connectivity index (χ3n) is 4.63. The summed E-state index contributed by atoms with van der Waals surface area (Å²) in [4.78, 5) is 24.2. The maximum absolute atomic E-state index is 12.5. The van der Waals surface area contributed by atoms with E-state index in [4.69, 9.17) is 4.43 Å². The van der Waals surface area contributed by atoms with E-state index in [2.05, 4.69) is 38.6 Å². The van der Waals surface area contributed by atoms with Gasteiger partial charge < -0.3 is 9.16 Å². The monoisotopic (exact) mass is 336 g/mol. The Morgan fingerprint density at radius 3 is 2.26 bits per heavy atom. The van der Waals surface area contributed by atoms with Gasteiger partial charge in [0.05, 0.1) is 13.7 Å². The van der Waals surface area contributed by atoms with E-state index >= 15 is 0 Å². The highest BCUT2D eigenvalue weighted by atomic mass is 28.4. The molecule has 0 spiro atoms. The fourth-order valence-corrected chi connectivity index (χ4v) is 2.83. The first-order valence-electron chi connectivity index (χ1n) is 7.85. The largest absolute Gasteiger partial charge is 0.468 e. The lowest BCUT2D eigenvalue weighted by Gasteiger charge is -2.36. The van der Waals surface area contributed by atoms with Crippen molar-refractivity contribution < 1.29 is 18.8 Å². The number of benzene rings is 1. The maximum atomic E-state index is 12.5. The normalized spacial score (nSPS) is 13.5. The molecule has 1 unspecified atom stereocenters. The molecule has 0 saturated heterocycles. The van der Waals surface area contributed by atoms with Crippen LogP contribution in [0.3, 0.4) is 0 Å². The van der Waals surface area contributed by atoms with Crippen molar-refractivity contribution in [2.75, 3.05) is 7.11 Å². The average molecular weight is 337 g/mol. The Kier molecular flexibility index (Phi) is 6.30. The van der Waals surface area contributed by atoms with E-state index in [0.717, 1.165) is 5.56 Å². The zero-order valence-corrected chi connectivity index (χ0v) is 16.2. The number of esters is 1. The number of carbonyl (C=O) groups is 2. The molecule has 0 aliphatic carbocycles. The van der Waals surface area contributed by atoms with Crippen LogP contribution in [0.5, 0.6) is 0 Å². The molecular weight excluding hydrogens is 308 g/mol. The predicted octanol–water partition coefficient (Wildman–Crippen LogP) is 4.20. The summed E-state index contributed by atoms with van der Waals surface area (Å²) in [7, 11) is -0.614. The second-order valence-electron chi connectivity index (χ2n) is 7.32. The molecule has 1 aromatic carbocycles. The minimum Gasteiger partial charge on any atom is -0.468 e. The number of methoxy groups -OCH3 is 1. The molecule has 0 aliphatic rings. The maximum Gasteiger partial charge on any atom is 0.316 e. The summed E-state index contributed by atoms with van der Waals surface area (Å²) in [5.74, 6) is -1.56. The first-order valence-corrected chi connectivity index (χ1v) is 10.8. The van der Waals surface area contributed by atoms with Crippen molar-refractivity contribution in [1.82, 2.24) is 0 Å². The van der Waals surface area contributed by atoms with Crippen molar-refractivity contribution >= 4 is 20.1 Å². The van der Waals surface area contributed by atoms with Crippen molar-refractivity contribution in [3.05, 3.63) is 35.4 Å². The Bertz CT molecular complexity index is 573. The predicted molar refractivity (Wildman–Crippen MR) is 93.9 cm³/mol. The molecular formula is C18H28O4Si. The van der Waals surface area contributed by atoms with Crippen molar-refractivity contribution in [3.63, 3.8) is 0 Å². The van der Waals surface area contributed by atoms with Gasteiger partial charge in [0.25, 0.3) is 0 Å². The van der Waals surface area contributed by atoms with Gasteiger partial charge in [0.2, 0.25) is 0 Å². The zero-order chi connectivity index (χ0) is 17.8. The Hall–Kier alpha value is -1.46. The van der Waals surface area contributed by atoms with Crippen molar-refractivity contribution in [2.24, 2.45) is 5.92 Å². The van der Waals surface area contributed by atoms with E-state index in [1.54, 1.807) is 19.1 Å². The topological polar surface area (TPSA) is 52.6 Å². The van der Waals surface area contributed by atoms with Gasteiger partial charge in [0, 0.05) is 5.56 Å². The van der Waals surface area contributed by atoms with E-state index in [9.17, 15) is 9.59 Å². The van der Waals surface area contributed by atoms with Gasteiger partial charge in [0.1, 0.15) is 5.92 Å². The summed E-state index contributed by atoms with van der Waals surface area (Å²) >= 11 is 0. The second kappa shape index (κ2) is 7.40. The molecule has 1 atom stereocenters. The molecule has 0 fully saturated rings. The Morgan fingerprint density at radius 1 is 1.17 bits per heavy atom. The molecule has 4 nitrogen and oxygen atoms in total. The van der Waals surface area contributed by atoms with E-state index in [1.807, 2.05) is 12.1 Å². The summed E-state index contributed by atoms with van der Waals surface area (Å²) in [5.41, 5.74) is 1.35. The molecule has 128 valence electrons. The van der Waals surface area contributed by atoms with Crippen LogP contribution in [0.4, 0.5) is 0 Å². The summed E-state index contributed by atoms with van der Waals surface area (Å²) in [5, 5.41) is 0.102. The van der Waals surface area contributed by atoms with Crippen LogP contribution < -0.4 is 0 Å². The van der Waals surface area contributed by atoms with Crippen LogP contribution in [-0.2, 0) is 20.6 Å². The summed E-state index contributed by atoms with van der Waals surface area (Å²) in [6, 6.07) is 7.30. The molecule has 0 N–H and O–H groups in total. The number of carbonyl (C=O) groups excluding carboxylic acids is 2.